The van der Waals surface area contributed by atoms with E-state index in [4.69, 9.17) is 0 Å². The van der Waals surface area contributed by atoms with Crippen molar-refractivity contribution in [3.63, 3.8) is 0 Å². The van der Waals surface area contributed by atoms with E-state index in [1.807, 2.05) is 0 Å². The zero-order chi connectivity index (χ0) is 32.6. The molecular weight excluding hydrogens is 570 g/mol. The molecule has 7 heteroatoms. The first-order valence-electron chi connectivity index (χ1n) is 18.5. The second kappa shape index (κ2) is 31.8. The van der Waals surface area contributed by atoms with Crippen LogP contribution in [0.2, 0.25) is 0 Å². The smallest absolute Gasteiger partial charge is 0.266 e. The Kier molecular flexibility index (Phi) is 30.9. The van der Waals surface area contributed by atoms with Gasteiger partial charge < -0.3 is 10.4 Å². The van der Waals surface area contributed by atoms with E-state index >= 15 is 0 Å². The number of nitrogens with one attached hydrogen (secondary N) is 1. The molecule has 1 amide bonds. The van der Waals surface area contributed by atoms with E-state index in [1.165, 1.54) is 89.9 Å². The molecule has 2 atom stereocenters. The summed E-state index contributed by atoms with van der Waals surface area (Å²) in [6.07, 6.45) is 38.3. The molecule has 0 aromatic rings. The SMILES string of the molecule is CCC/C=C\C/C=C\CCCCCCCC(=O)NC(CS(=O)(=O)O)C(O)CCCCCCCCCCCCCCCCCC. The molecule has 0 aliphatic rings. The molecule has 0 aliphatic heterocycles. The highest BCUT2D eigenvalue weighted by atomic mass is 32.2. The van der Waals surface area contributed by atoms with Gasteiger partial charge in [0.15, 0.2) is 0 Å². The molecule has 3 N–H and O–H groups in total. The largest absolute Gasteiger partial charge is 0.391 e. The molecule has 2 unspecified atom stereocenters. The zero-order valence-electron chi connectivity index (χ0n) is 28.8. The molecule has 0 bridgehead atoms. The Balaban J connectivity index is 3.92. The maximum Gasteiger partial charge on any atom is 0.266 e. The van der Waals surface area contributed by atoms with Crippen LogP contribution >= 0.6 is 0 Å². The number of aliphatic hydroxyl groups excluding tert-OH is 1. The van der Waals surface area contributed by atoms with Crippen molar-refractivity contribution in [3.8, 4) is 0 Å². The van der Waals surface area contributed by atoms with Gasteiger partial charge in [0.1, 0.15) is 0 Å². The van der Waals surface area contributed by atoms with Gasteiger partial charge in [0.25, 0.3) is 10.1 Å². The molecule has 0 heterocycles. The van der Waals surface area contributed by atoms with Gasteiger partial charge in [-0.3, -0.25) is 9.35 Å². The van der Waals surface area contributed by atoms with Crippen LogP contribution in [0, 0.1) is 0 Å². The van der Waals surface area contributed by atoms with Crippen LogP contribution in [0.3, 0.4) is 0 Å². The minimum atomic E-state index is -4.31. The topological polar surface area (TPSA) is 104 Å². The predicted molar refractivity (Wildman–Crippen MR) is 189 cm³/mol. The molecule has 0 saturated carbocycles. The summed E-state index contributed by atoms with van der Waals surface area (Å²) < 4.78 is 32.4. The van der Waals surface area contributed by atoms with Gasteiger partial charge in [-0.1, -0.05) is 167 Å². The Morgan fingerprint density at radius 2 is 1.07 bits per heavy atom. The van der Waals surface area contributed by atoms with Gasteiger partial charge in [0.05, 0.1) is 17.9 Å². The van der Waals surface area contributed by atoms with Gasteiger partial charge in [-0.05, 0) is 38.5 Å². The number of hydrogen-bond donors (Lipinski definition) is 3. The van der Waals surface area contributed by atoms with Crippen molar-refractivity contribution >= 4 is 16.0 Å². The highest BCUT2D eigenvalue weighted by molar-refractivity contribution is 7.85. The van der Waals surface area contributed by atoms with E-state index in [0.717, 1.165) is 70.6 Å². The highest BCUT2D eigenvalue weighted by Crippen LogP contribution is 2.16. The van der Waals surface area contributed by atoms with Crippen molar-refractivity contribution in [2.75, 3.05) is 5.75 Å². The first-order chi connectivity index (χ1) is 21.3. The van der Waals surface area contributed by atoms with E-state index in [2.05, 4.69) is 43.5 Å². The van der Waals surface area contributed by atoms with Crippen molar-refractivity contribution < 1.29 is 22.9 Å². The van der Waals surface area contributed by atoms with Crippen LogP contribution in [0.25, 0.3) is 0 Å². The van der Waals surface area contributed by atoms with E-state index < -0.39 is 28.0 Å². The molecular formula is C37H71NO5S. The summed E-state index contributed by atoms with van der Waals surface area (Å²) >= 11 is 0. The van der Waals surface area contributed by atoms with Gasteiger partial charge >= 0.3 is 0 Å². The standard InChI is InChI=1S/C37H71NO5S/c1-3-5-7-9-11-13-15-17-18-19-21-22-24-26-28-30-32-36(39)35(34-44(41,42)43)38-37(40)33-31-29-27-25-23-20-16-14-12-10-8-6-4-2/h8,10,14,16,35-36,39H,3-7,9,11-13,15,17-34H2,1-2H3,(H,38,40)(H,41,42,43)/b10-8-,16-14-. The monoisotopic (exact) mass is 642 g/mol. The van der Waals surface area contributed by atoms with Gasteiger partial charge in [0.2, 0.25) is 5.91 Å². The minimum absolute atomic E-state index is 0.260. The molecule has 260 valence electrons. The zero-order valence-corrected chi connectivity index (χ0v) is 29.6. The molecule has 0 radical (unpaired) electrons. The van der Waals surface area contributed by atoms with Crippen LogP contribution in [0.15, 0.2) is 24.3 Å². The third-order valence-electron chi connectivity index (χ3n) is 8.39. The first-order valence-corrected chi connectivity index (χ1v) is 20.1. The Hall–Kier alpha value is -1.18. The van der Waals surface area contributed by atoms with Gasteiger partial charge in [-0.15, -0.1) is 0 Å². The van der Waals surface area contributed by atoms with Crippen LogP contribution in [-0.2, 0) is 14.9 Å². The third-order valence-corrected chi connectivity index (χ3v) is 9.17. The third kappa shape index (κ3) is 32.2. The normalized spacial score (nSPS) is 13.6. The van der Waals surface area contributed by atoms with Crippen LogP contribution in [0.1, 0.15) is 187 Å². The van der Waals surface area contributed by atoms with Crippen LogP contribution in [0.4, 0.5) is 0 Å². The van der Waals surface area contributed by atoms with E-state index in [9.17, 15) is 22.9 Å². The average Bonchev–Trinajstić information content (AvgIpc) is 2.98. The predicted octanol–water partition coefficient (Wildman–Crippen LogP) is 10.4. The van der Waals surface area contributed by atoms with Crippen molar-refractivity contribution in [1.29, 1.82) is 0 Å². The number of allylic oxidation sites excluding steroid dienone is 4. The molecule has 0 aromatic heterocycles. The van der Waals surface area contributed by atoms with Crippen molar-refractivity contribution in [2.24, 2.45) is 0 Å². The molecule has 0 saturated heterocycles. The number of hydrogen-bond acceptors (Lipinski definition) is 4. The second-order valence-electron chi connectivity index (χ2n) is 12.9. The summed E-state index contributed by atoms with van der Waals surface area (Å²) in [7, 11) is -4.31. The average molecular weight is 642 g/mol. The fraction of sp³-hybridized carbons (Fsp3) is 0.865. The van der Waals surface area contributed by atoms with Crippen molar-refractivity contribution in [1.82, 2.24) is 5.32 Å². The van der Waals surface area contributed by atoms with E-state index in [1.54, 1.807) is 0 Å². The van der Waals surface area contributed by atoms with E-state index in [-0.39, 0.29) is 5.91 Å². The number of aliphatic hydroxyl groups is 1. The summed E-state index contributed by atoms with van der Waals surface area (Å²) in [5.41, 5.74) is 0. The number of carbonyl (C=O) groups excluding carboxylic acids is 1. The maximum atomic E-state index is 12.5. The summed E-state index contributed by atoms with van der Waals surface area (Å²) in [5, 5.41) is 13.3. The number of rotatable bonds is 33. The second-order valence-corrected chi connectivity index (χ2v) is 14.4. The maximum absolute atomic E-state index is 12.5. The Morgan fingerprint density at radius 1 is 0.614 bits per heavy atom. The van der Waals surface area contributed by atoms with Gasteiger partial charge in [0, 0.05) is 6.42 Å². The summed E-state index contributed by atoms with van der Waals surface area (Å²) in [4.78, 5) is 12.5. The highest BCUT2D eigenvalue weighted by Gasteiger charge is 2.26. The lowest BCUT2D eigenvalue weighted by atomic mass is 10.0. The molecule has 6 nitrogen and oxygen atoms in total. The van der Waals surface area contributed by atoms with E-state index in [0.29, 0.717) is 12.8 Å². The minimum Gasteiger partial charge on any atom is -0.391 e. The van der Waals surface area contributed by atoms with Gasteiger partial charge in [-0.25, -0.2) is 0 Å². The lowest BCUT2D eigenvalue weighted by Crippen LogP contribution is -2.47. The first kappa shape index (κ1) is 42.8. The quantitative estimate of drug-likeness (QED) is 0.0376. The number of amides is 1. The number of unbranched alkanes of at least 4 members (excludes halogenated alkanes) is 21. The van der Waals surface area contributed by atoms with Crippen molar-refractivity contribution in [3.05, 3.63) is 24.3 Å². The van der Waals surface area contributed by atoms with Crippen molar-refractivity contribution in [2.45, 2.75) is 199 Å². The van der Waals surface area contributed by atoms with Crippen LogP contribution < -0.4 is 5.32 Å². The summed E-state index contributed by atoms with van der Waals surface area (Å²) in [6.45, 7) is 4.44. The molecule has 0 rings (SSSR count). The molecule has 44 heavy (non-hydrogen) atoms. The Morgan fingerprint density at radius 3 is 1.57 bits per heavy atom. The fourth-order valence-electron chi connectivity index (χ4n) is 5.61. The molecule has 0 spiro atoms. The Bertz CT molecular complexity index is 796. The summed E-state index contributed by atoms with van der Waals surface area (Å²) in [6, 6.07) is -0.975. The lowest BCUT2D eigenvalue weighted by Gasteiger charge is -2.23. The molecule has 0 aliphatic carbocycles. The number of carbonyl (C=O) groups is 1. The fourth-order valence-corrected chi connectivity index (χ4v) is 6.37. The Labute approximate surface area is 273 Å². The lowest BCUT2D eigenvalue weighted by molar-refractivity contribution is -0.122. The van der Waals surface area contributed by atoms with Crippen LogP contribution in [-0.4, -0.2) is 41.9 Å². The molecule has 0 aromatic carbocycles. The summed E-state index contributed by atoms with van der Waals surface area (Å²) in [5.74, 6) is -0.913. The van der Waals surface area contributed by atoms with Gasteiger partial charge in [-0.2, -0.15) is 8.42 Å². The van der Waals surface area contributed by atoms with Crippen LogP contribution in [0.5, 0.6) is 0 Å². The molecule has 0 fully saturated rings.